The molecule has 0 unspecified atom stereocenters. The molecule has 94 valence electrons. The van der Waals surface area contributed by atoms with Crippen LogP contribution in [0, 0.1) is 0 Å². The van der Waals surface area contributed by atoms with Crippen LogP contribution >= 0.6 is 0 Å². The first-order valence-corrected chi connectivity index (χ1v) is 6.44. The lowest BCUT2D eigenvalue weighted by molar-refractivity contribution is -0.703. The van der Waals surface area contributed by atoms with Crippen LogP contribution in [-0.2, 0) is 6.54 Å². The van der Waals surface area contributed by atoms with Crippen molar-refractivity contribution in [3.05, 3.63) is 78.6 Å². The number of fused-ring (bicyclic) bond motifs is 1. The van der Waals surface area contributed by atoms with E-state index in [-0.39, 0.29) is 0 Å². The van der Waals surface area contributed by atoms with E-state index in [1.165, 1.54) is 10.8 Å². The summed E-state index contributed by atoms with van der Waals surface area (Å²) in [5.41, 5.74) is 0.947. The standard InChI is InChI=1S/C17H16NO/c19-17(15-7-2-1-3-8-15)13-18-11-10-14-6-4-5-9-16(14)12-18/h1-12,17,19H,13H2/q+1/t17-/m1/s1. The number of nitrogens with zero attached hydrogens (tertiary/aromatic N) is 1. The van der Waals surface area contributed by atoms with Crippen LogP contribution in [-0.4, -0.2) is 5.11 Å². The van der Waals surface area contributed by atoms with Crippen molar-refractivity contribution in [1.82, 2.24) is 0 Å². The van der Waals surface area contributed by atoms with Gasteiger partial charge in [0.2, 0.25) is 0 Å². The van der Waals surface area contributed by atoms with Gasteiger partial charge in [-0.25, -0.2) is 4.57 Å². The number of hydrogen-bond donors (Lipinski definition) is 1. The second kappa shape index (κ2) is 5.21. The summed E-state index contributed by atoms with van der Waals surface area (Å²) in [6.07, 6.45) is 3.60. The molecule has 3 rings (SSSR count). The number of hydrogen-bond acceptors (Lipinski definition) is 1. The summed E-state index contributed by atoms with van der Waals surface area (Å²) in [7, 11) is 0. The first kappa shape index (κ1) is 11.9. The van der Waals surface area contributed by atoms with Crippen LogP contribution in [0.1, 0.15) is 11.7 Å². The minimum atomic E-state index is -0.479. The number of benzene rings is 2. The van der Waals surface area contributed by atoms with E-state index in [0.29, 0.717) is 6.54 Å². The number of pyridine rings is 1. The Bertz CT molecular complexity index is 679. The maximum Gasteiger partial charge on any atom is 0.178 e. The van der Waals surface area contributed by atoms with E-state index < -0.39 is 6.10 Å². The fourth-order valence-corrected chi connectivity index (χ4v) is 2.27. The van der Waals surface area contributed by atoms with Crippen molar-refractivity contribution in [2.75, 3.05) is 0 Å². The zero-order chi connectivity index (χ0) is 13.1. The highest BCUT2D eigenvalue weighted by Crippen LogP contribution is 2.13. The van der Waals surface area contributed by atoms with Crippen LogP contribution in [0.3, 0.4) is 0 Å². The predicted molar refractivity (Wildman–Crippen MR) is 75.5 cm³/mol. The summed E-state index contributed by atoms with van der Waals surface area (Å²) in [6, 6.07) is 20.1. The van der Waals surface area contributed by atoms with E-state index in [2.05, 4.69) is 24.4 Å². The van der Waals surface area contributed by atoms with Gasteiger partial charge in [-0.05, 0) is 17.0 Å². The molecular weight excluding hydrogens is 234 g/mol. The normalized spacial score (nSPS) is 12.5. The van der Waals surface area contributed by atoms with E-state index in [0.717, 1.165) is 5.56 Å². The molecule has 0 saturated heterocycles. The van der Waals surface area contributed by atoms with E-state index in [9.17, 15) is 5.11 Å². The van der Waals surface area contributed by atoms with Gasteiger partial charge in [0.25, 0.3) is 0 Å². The van der Waals surface area contributed by atoms with E-state index in [1.807, 2.05) is 53.2 Å². The first-order valence-electron chi connectivity index (χ1n) is 6.44. The Morgan fingerprint density at radius 2 is 1.53 bits per heavy atom. The molecule has 1 atom stereocenters. The average molecular weight is 250 g/mol. The van der Waals surface area contributed by atoms with Crippen LogP contribution in [0.25, 0.3) is 10.8 Å². The van der Waals surface area contributed by atoms with Crippen molar-refractivity contribution in [3.8, 4) is 0 Å². The predicted octanol–water partition coefficient (Wildman–Crippen LogP) is 2.86. The number of aromatic nitrogens is 1. The number of rotatable bonds is 3. The van der Waals surface area contributed by atoms with E-state index in [1.54, 1.807) is 0 Å². The van der Waals surface area contributed by atoms with Gasteiger partial charge in [-0.15, -0.1) is 0 Å². The minimum absolute atomic E-state index is 0.479. The van der Waals surface area contributed by atoms with Crippen molar-refractivity contribution in [2.24, 2.45) is 0 Å². The smallest absolute Gasteiger partial charge is 0.178 e. The molecular formula is C17H16NO+. The zero-order valence-corrected chi connectivity index (χ0v) is 10.6. The van der Waals surface area contributed by atoms with E-state index >= 15 is 0 Å². The van der Waals surface area contributed by atoms with Crippen LogP contribution in [0.15, 0.2) is 73.1 Å². The summed E-state index contributed by atoms with van der Waals surface area (Å²) >= 11 is 0. The Morgan fingerprint density at radius 1 is 0.842 bits per heavy atom. The second-order valence-electron chi connectivity index (χ2n) is 4.70. The van der Waals surface area contributed by atoms with Crippen molar-refractivity contribution in [2.45, 2.75) is 12.6 Å². The Kier molecular flexibility index (Phi) is 3.25. The largest absolute Gasteiger partial charge is 0.382 e. The summed E-state index contributed by atoms with van der Waals surface area (Å²) in [6.45, 7) is 0.564. The third kappa shape index (κ3) is 2.64. The topological polar surface area (TPSA) is 24.1 Å². The molecule has 0 aliphatic carbocycles. The Labute approximate surface area is 112 Å². The molecule has 2 nitrogen and oxygen atoms in total. The number of aliphatic hydroxyl groups is 1. The van der Waals surface area contributed by atoms with Crippen molar-refractivity contribution < 1.29 is 9.67 Å². The molecule has 0 bridgehead atoms. The van der Waals surface area contributed by atoms with E-state index in [4.69, 9.17) is 0 Å². The van der Waals surface area contributed by atoms with Gasteiger partial charge in [0.15, 0.2) is 18.9 Å². The van der Waals surface area contributed by atoms with Gasteiger partial charge in [0.05, 0.1) is 0 Å². The fraction of sp³-hybridized carbons (Fsp3) is 0.118. The molecule has 0 aliphatic heterocycles. The van der Waals surface area contributed by atoms with Gasteiger partial charge in [0.1, 0.15) is 6.10 Å². The van der Waals surface area contributed by atoms with Gasteiger partial charge in [-0.2, -0.15) is 0 Å². The molecule has 2 heteroatoms. The second-order valence-corrected chi connectivity index (χ2v) is 4.70. The third-order valence-electron chi connectivity index (χ3n) is 3.31. The molecule has 1 N–H and O–H groups in total. The monoisotopic (exact) mass is 250 g/mol. The maximum atomic E-state index is 10.2. The van der Waals surface area contributed by atoms with Gasteiger partial charge < -0.3 is 5.11 Å². The maximum absolute atomic E-state index is 10.2. The Morgan fingerprint density at radius 3 is 2.32 bits per heavy atom. The Balaban J connectivity index is 1.85. The molecule has 0 amide bonds. The molecule has 1 heterocycles. The van der Waals surface area contributed by atoms with Gasteiger partial charge in [0, 0.05) is 11.5 Å². The lowest BCUT2D eigenvalue weighted by Crippen LogP contribution is -2.35. The number of aliphatic hydroxyl groups excluding tert-OH is 1. The first-order chi connectivity index (χ1) is 9.33. The summed E-state index contributed by atoms with van der Waals surface area (Å²) in [5.74, 6) is 0. The van der Waals surface area contributed by atoms with Crippen LogP contribution in [0.2, 0.25) is 0 Å². The highest BCUT2D eigenvalue weighted by molar-refractivity contribution is 5.80. The molecule has 0 saturated carbocycles. The molecule has 1 aromatic heterocycles. The highest BCUT2D eigenvalue weighted by Gasteiger charge is 2.13. The summed E-state index contributed by atoms with van der Waals surface area (Å²) < 4.78 is 2.03. The Hall–Kier alpha value is -2.19. The van der Waals surface area contributed by atoms with Crippen molar-refractivity contribution in [1.29, 1.82) is 0 Å². The third-order valence-corrected chi connectivity index (χ3v) is 3.31. The molecule has 0 aliphatic rings. The summed E-state index contributed by atoms with van der Waals surface area (Å²) in [4.78, 5) is 0. The minimum Gasteiger partial charge on any atom is -0.382 e. The van der Waals surface area contributed by atoms with Crippen LogP contribution in [0.4, 0.5) is 0 Å². The zero-order valence-electron chi connectivity index (χ0n) is 10.6. The molecule has 3 aromatic rings. The fourth-order valence-electron chi connectivity index (χ4n) is 2.27. The quantitative estimate of drug-likeness (QED) is 0.710. The van der Waals surface area contributed by atoms with Crippen molar-refractivity contribution >= 4 is 10.8 Å². The van der Waals surface area contributed by atoms with Gasteiger partial charge >= 0.3 is 0 Å². The van der Waals surface area contributed by atoms with Gasteiger partial charge in [-0.3, -0.25) is 0 Å². The molecule has 0 radical (unpaired) electrons. The molecule has 0 fully saturated rings. The molecule has 2 aromatic carbocycles. The lowest BCUT2D eigenvalue weighted by atomic mass is 10.1. The van der Waals surface area contributed by atoms with Crippen molar-refractivity contribution in [3.63, 3.8) is 0 Å². The molecule has 19 heavy (non-hydrogen) atoms. The lowest BCUT2D eigenvalue weighted by Gasteiger charge is -2.07. The van der Waals surface area contributed by atoms with Crippen LogP contribution < -0.4 is 4.57 Å². The average Bonchev–Trinajstić information content (AvgIpc) is 2.48. The SMILES string of the molecule is O[C@H](C[n+]1ccc2ccccc2c1)c1ccccc1. The van der Waals surface area contributed by atoms with Gasteiger partial charge in [-0.1, -0.05) is 48.5 Å². The van der Waals surface area contributed by atoms with Crippen LogP contribution in [0.5, 0.6) is 0 Å². The summed E-state index contributed by atoms with van der Waals surface area (Å²) in [5, 5.41) is 12.6. The highest BCUT2D eigenvalue weighted by atomic mass is 16.3. The molecule has 0 spiro atoms.